The predicted molar refractivity (Wildman–Crippen MR) is 128 cm³/mol. The molecular weight excluding hydrogens is 462 g/mol. The third kappa shape index (κ3) is 4.89. The minimum Gasteiger partial charge on any atom is -0.507 e. The third-order valence-corrected chi connectivity index (χ3v) is 6.53. The molecular formula is C24H19NO6S2. The van der Waals surface area contributed by atoms with E-state index in [2.05, 4.69) is 5.32 Å². The van der Waals surface area contributed by atoms with Crippen LogP contribution in [0.5, 0.6) is 5.75 Å². The van der Waals surface area contributed by atoms with Gasteiger partial charge in [-0.3, -0.25) is 4.79 Å². The first-order valence-electron chi connectivity index (χ1n) is 9.99. The summed E-state index contributed by atoms with van der Waals surface area (Å²) in [6.07, 6.45) is 0. The van der Waals surface area contributed by atoms with Crippen molar-refractivity contribution in [3.05, 3.63) is 70.4 Å². The van der Waals surface area contributed by atoms with Gasteiger partial charge in [-0.15, -0.1) is 22.7 Å². The van der Waals surface area contributed by atoms with E-state index < -0.39 is 24.5 Å². The Morgan fingerprint density at radius 1 is 0.970 bits per heavy atom. The van der Waals surface area contributed by atoms with Gasteiger partial charge in [0.1, 0.15) is 21.9 Å². The van der Waals surface area contributed by atoms with E-state index in [1.807, 2.05) is 35.7 Å². The Hall–Kier alpha value is -3.69. The second kappa shape index (κ2) is 9.85. The Morgan fingerprint density at radius 3 is 2.42 bits per heavy atom. The lowest BCUT2D eigenvalue weighted by Crippen LogP contribution is -2.21. The van der Waals surface area contributed by atoms with Gasteiger partial charge in [0, 0.05) is 15.8 Å². The zero-order chi connectivity index (χ0) is 23.4. The molecule has 2 heterocycles. The Balaban J connectivity index is 1.48. The number of phenols is 1. The van der Waals surface area contributed by atoms with E-state index in [1.54, 1.807) is 18.4 Å². The van der Waals surface area contributed by atoms with Gasteiger partial charge in [0.25, 0.3) is 5.91 Å². The van der Waals surface area contributed by atoms with Gasteiger partial charge in [0.2, 0.25) is 0 Å². The number of hydrogen-bond donors (Lipinski definition) is 2. The summed E-state index contributed by atoms with van der Waals surface area (Å²) in [5, 5.41) is 18.3. The highest BCUT2D eigenvalue weighted by Crippen LogP contribution is 2.38. The molecule has 9 heteroatoms. The van der Waals surface area contributed by atoms with Gasteiger partial charge in [-0.25, -0.2) is 9.59 Å². The minimum absolute atomic E-state index is 0.0372. The number of rotatable bonds is 7. The first-order chi connectivity index (χ1) is 16.0. The van der Waals surface area contributed by atoms with Crippen LogP contribution in [0.4, 0.5) is 5.00 Å². The van der Waals surface area contributed by atoms with Crippen molar-refractivity contribution in [3.8, 4) is 16.2 Å². The van der Waals surface area contributed by atoms with Crippen LogP contribution in [0.15, 0.2) is 59.3 Å². The fourth-order valence-electron chi connectivity index (χ4n) is 3.23. The van der Waals surface area contributed by atoms with Crippen LogP contribution in [0, 0.1) is 0 Å². The summed E-state index contributed by atoms with van der Waals surface area (Å²) in [5.41, 5.74) is 0.891. The number of benzene rings is 2. The molecule has 1 amide bonds. The molecule has 0 aliphatic carbocycles. The standard InChI is InChI=1S/C24H19NO6S2/c1-2-30-24(29)21-17(19-8-5-9-32-19)13-33-22(21)25-20(27)12-31-23(28)16-10-14-6-3-4-7-15(14)11-18(16)26/h3-11,13,26H,2,12H2,1H3,(H,25,27). The molecule has 0 spiro atoms. The normalized spacial score (nSPS) is 10.7. The average molecular weight is 482 g/mol. The fraction of sp³-hybridized carbons (Fsp3) is 0.125. The van der Waals surface area contributed by atoms with Crippen LogP contribution < -0.4 is 5.32 Å². The van der Waals surface area contributed by atoms with Gasteiger partial charge >= 0.3 is 11.9 Å². The number of anilines is 1. The van der Waals surface area contributed by atoms with Gasteiger partial charge in [-0.05, 0) is 41.3 Å². The first kappa shape index (κ1) is 22.5. The molecule has 4 aromatic rings. The van der Waals surface area contributed by atoms with Crippen molar-refractivity contribution < 1.29 is 29.0 Å². The summed E-state index contributed by atoms with van der Waals surface area (Å²) < 4.78 is 10.3. The third-order valence-electron chi connectivity index (χ3n) is 4.73. The predicted octanol–water partition coefficient (Wildman–Crippen LogP) is 5.31. The summed E-state index contributed by atoms with van der Waals surface area (Å²) in [5.74, 6) is -2.23. The molecule has 2 N–H and O–H groups in total. The molecule has 0 saturated carbocycles. The van der Waals surface area contributed by atoms with E-state index in [0.29, 0.717) is 10.6 Å². The first-order valence-corrected chi connectivity index (χ1v) is 11.7. The number of thiophene rings is 2. The van der Waals surface area contributed by atoms with E-state index in [4.69, 9.17) is 9.47 Å². The van der Waals surface area contributed by atoms with Crippen LogP contribution in [0.2, 0.25) is 0 Å². The van der Waals surface area contributed by atoms with E-state index in [9.17, 15) is 19.5 Å². The smallest absolute Gasteiger partial charge is 0.342 e. The van der Waals surface area contributed by atoms with Crippen LogP contribution in [0.25, 0.3) is 21.2 Å². The van der Waals surface area contributed by atoms with Gasteiger partial charge < -0.3 is 19.9 Å². The number of nitrogens with one attached hydrogen (secondary N) is 1. The molecule has 33 heavy (non-hydrogen) atoms. The lowest BCUT2D eigenvalue weighted by atomic mass is 10.1. The number of carbonyl (C=O) groups is 3. The molecule has 168 valence electrons. The van der Waals surface area contributed by atoms with E-state index in [-0.39, 0.29) is 23.5 Å². The summed E-state index contributed by atoms with van der Waals surface area (Å²) in [4.78, 5) is 38.3. The highest BCUT2D eigenvalue weighted by molar-refractivity contribution is 7.17. The van der Waals surface area contributed by atoms with Crippen LogP contribution in [-0.4, -0.2) is 36.2 Å². The highest BCUT2D eigenvalue weighted by atomic mass is 32.1. The molecule has 0 saturated heterocycles. The second-order valence-corrected chi connectivity index (χ2v) is 8.72. The maximum atomic E-state index is 12.5. The Kier molecular flexibility index (Phi) is 6.71. The number of ether oxygens (including phenoxy) is 2. The molecule has 0 unspecified atom stereocenters. The van der Waals surface area contributed by atoms with Crippen molar-refractivity contribution in [2.24, 2.45) is 0 Å². The Labute approximate surface area is 197 Å². The number of amides is 1. The van der Waals surface area contributed by atoms with Gasteiger partial charge in [0.05, 0.1) is 6.61 Å². The number of fused-ring (bicyclic) bond motifs is 1. The van der Waals surface area contributed by atoms with Crippen LogP contribution >= 0.6 is 22.7 Å². The summed E-state index contributed by atoms with van der Waals surface area (Å²) in [6, 6.07) is 14.0. The number of hydrogen-bond acceptors (Lipinski definition) is 8. The topological polar surface area (TPSA) is 102 Å². The summed E-state index contributed by atoms with van der Waals surface area (Å²) in [7, 11) is 0. The maximum absolute atomic E-state index is 12.5. The molecule has 7 nitrogen and oxygen atoms in total. The molecule has 2 aromatic heterocycles. The Morgan fingerprint density at radius 2 is 1.73 bits per heavy atom. The average Bonchev–Trinajstić information content (AvgIpc) is 3.47. The SMILES string of the molecule is CCOC(=O)c1c(-c2cccs2)csc1NC(=O)COC(=O)c1cc2ccccc2cc1O. The number of esters is 2. The number of aromatic hydroxyl groups is 1. The summed E-state index contributed by atoms with van der Waals surface area (Å²) >= 11 is 2.65. The van der Waals surface area contributed by atoms with Crippen molar-refractivity contribution in [1.82, 2.24) is 0 Å². The number of phenolic OH excluding ortho intramolecular Hbond substituents is 1. The minimum atomic E-state index is -0.829. The molecule has 0 bridgehead atoms. The largest absolute Gasteiger partial charge is 0.507 e. The molecule has 0 aliphatic heterocycles. The maximum Gasteiger partial charge on any atom is 0.342 e. The molecule has 4 rings (SSSR count). The quantitative estimate of drug-likeness (QED) is 0.347. The highest BCUT2D eigenvalue weighted by Gasteiger charge is 2.24. The van der Waals surface area contributed by atoms with Gasteiger partial charge in [-0.1, -0.05) is 30.3 Å². The monoisotopic (exact) mass is 481 g/mol. The molecule has 0 aliphatic rings. The van der Waals surface area contributed by atoms with E-state index in [0.717, 1.165) is 15.6 Å². The Bertz CT molecular complexity index is 1330. The number of carbonyl (C=O) groups excluding carboxylic acids is 3. The van der Waals surface area contributed by atoms with Gasteiger partial charge in [-0.2, -0.15) is 0 Å². The zero-order valence-electron chi connectivity index (χ0n) is 17.5. The van der Waals surface area contributed by atoms with Crippen molar-refractivity contribution >= 4 is 56.3 Å². The molecule has 0 radical (unpaired) electrons. The van der Waals surface area contributed by atoms with E-state index in [1.165, 1.54) is 34.8 Å². The molecule has 0 fully saturated rings. The van der Waals surface area contributed by atoms with Crippen LogP contribution in [-0.2, 0) is 14.3 Å². The summed E-state index contributed by atoms with van der Waals surface area (Å²) in [6.45, 7) is 1.31. The van der Waals surface area contributed by atoms with Crippen molar-refractivity contribution in [3.63, 3.8) is 0 Å². The molecule has 0 atom stereocenters. The molecule has 2 aromatic carbocycles. The van der Waals surface area contributed by atoms with Gasteiger partial charge in [0.15, 0.2) is 6.61 Å². The fourth-order valence-corrected chi connectivity index (χ4v) is 5.02. The van der Waals surface area contributed by atoms with E-state index >= 15 is 0 Å². The van der Waals surface area contributed by atoms with Crippen molar-refractivity contribution in [2.45, 2.75) is 6.92 Å². The van der Waals surface area contributed by atoms with Crippen LogP contribution in [0.1, 0.15) is 27.6 Å². The lowest BCUT2D eigenvalue weighted by molar-refractivity contribution is -0.119. The second-order valence-electron chi connectivity index (χ2n) is 6.89. The lowest BCUT2D eigenvalue weighted by Gasteiger charge is -2.10. The zero-order valence-corrected chi connectivity index (χ0v) is 19.1. The van der Waals surface area contributed by atoms with Crippen molar-refractivity contribution in [1.29, 1.82) is 0 Å². The van der Waals surface area contributed by atoms with Crippen molar-refractivity contribution in [2.75, 3.05) is 18.5 Å². The van der Waals surface area contributed by atoms with Crippen LogP contribution in [0.3, 0.4) is 0 Å².